The molecule has 1 atom stereocenters. The maximum absolute atomic E-state index is 13.4. The fraction of sp³-hybridized carbons (Fsp3) is 0.450. The molecule has 140 valence electrons. The zero-order valence-electron chi connectivity index (χ0n) is 15.1. The van der Waals surface area contributed by atoms with Crippen LogP contribution >= 0.6 is 0 Å². The monoisotopic (exact) mass is 359 g/mol. The molecule has 3 rings (SSSR count). The fourth-order valence-electron chi connectivity index (χ4n) is 2.89. The van der Waals surface area contributed by atoms with Crippen LogP contribution in [0.1, 0.15) is 23.3 Å². The first-order valence-corrected chi connectivity index (χ1v) is 9.08. The molecular formula is C20H26FN3O2. The van der Waals surface area contributed by atoms with E-state index >= 15 is 0 Å². The Bertz CT molecular complexity index is 710. The van der Waals surface area contributed by atoms with Gasteiger partial charge < -0.3 is 19.8 Å². The molecule has 0 bridgehead atoms. The van der Waals surface area contributed by atoms with E-state index in [1.165, 1.54) is 6.07 Å². The zero-order valence-corrected chi connectivity index (χ0v) is 15.1. The maximum Gasteiger partial charge on any atom is 0.191 e. The molecule has 1 aliphatic heterocycles. The molecule has 2 heterocycles. The fourth-order valence-corrected chi connectivity index (χ4v) is 2.89. The van der Waals surface area contributed by atoms with E-state index < -0.39 is 0 Å². The van der Waals surface area contributed by atoms with Crippen LogP contribution in [0.25, 0.3) is 0 Å². The predicted octanol–water partition coefficient (Wildman–Crippen LogP) is 3.04. The van der Waals surface area contributed by atoms with Crippen molar-refractivity contribution in [1.82, 2.24) is 10.6 Å². The van der Waals surface area contributed by atoms with E-state index in [1.807, 2.05) is 18.2 Å². The number of guanidine groups is 1. The van der Waals surface area contributed by atoms with Gasteiger partial charge in [0.1, 0.15) is 11.6 Å². The Kier molecular flexibility index (Phi) is 6.66. The van der Waals surface area contributed by atoms with Crippen molar-refractivity contribution in [3.63, 3.8) is 0 Å². The Morgan fingerprint density at radius 1 is 1.31 bits per heavy atom. The highest BCUT2D eigenvalue weighted by molar-refractivity contribution is 5.79. The molecule has 0 radical (unpaired) electrons. The Morgan fingerprint density at radius 2 is 2.23 bits per heavy atom. The predicted molar refractivity (Wildman–Crippen MR) is 99.6 cm³/mol. The first-order valence-electron chi connectivity index (χ1n) is 9.08. The van der Waals surface area contributed by atoms with Crippen LogP contribution < -0.4 is 10.6 Å². The summed E-state index contributed by atoms with van der Waals surface area (Å²) in [5.41, 5.74) is 1.63. The first-order chi connectivity index (χ1) is 12.7. The lowest BCUT2D eigenvalue weighted by Crippen LogP contribution is -2.40. The minimum atomic E-state index is -0.186. The van der Waals surface area contributed by atoms with Crippen LogP contribution in [-0.4, -0.2) is 32.3 Å². The summed E-state index contributed by atoms with van der Waals surface area (Å²) in [5, 5.41) is 6.73. The van der Waals surface area contributed by atoms with Crippen LogP contribution in [0.5, 0.6) is 0 Å². The lowest BCUT2D eigenvalue weighted by atomic mass is 10.1. The number of benzene rings is 1. The second-order valence-electron chi connectivity index (χ2n) is 6.62. The van der Waals surface area contributed by atoms with Crippen LogP contribution in [0.15, 0.2) is 46.0 Å². The molecule has 1 aromatic heterocycles. The maximum atomic E-state index is 13.4. The second kappa shape index (κ2) is 9.38. The molecule has 1 aromatic carbocycles. The number of halogens is 1. The smallest absolute Gasteiger partial charge is 0.191 e. The number of nitrogens with one attached hydrogen (secondary N) is 2. The molecule has 0 saturated carbocycles. The van der Waals surface area contributed by atoms with Crippen LogP contribution in [0.4, 0.5) is 4.39 Å². The van der Waals surface area contributed by atoms with Gasteiger partial charge in [-0.2, -0.15) is 0 Å². The van der Waals surface area contributed by atoms with Gasteiger partial charge in [-0.05, 0) is 42.7 Å². The number of furan rings is 1. The molecule has 6 heteroatoms. The molecule has 1 saturated heterocycles. The van der Waals surface area contributed by atoms with E-state index in [0.717, 1.165) is 56.4 Å². The Morgan fingerprint density at radius 3 is 2.96 bits per heavy atom. The normalized spacial score (nSPS) is 17.5. The summed E-state index contributed by atoms with van der Waals surface area (Å²) in [5.74, 6) is 2.02. The molecular weight excluding hydrogens is 333 g/mol. The third kappa shape index (κ3) is 5.59. The van der Waals surface area contributed by atoms with Gasteiger partial charge in [0.25, 0.3) is 0 Å². The van der Waals surface area contributed by atoms with Crippen molar-refractivity contribution in [3.05, 3.63) is 59.3 Å². The van der Waals surface area contributed by atoms with Crippen LogP contribution in [0.2, 0.25) is 0 Å². The van der Waals surface area contributed by atoms with Gasteiger partial charge in [-0.1, -0.05) is 12.1 Å². The van der Waals surface area contributed by atoms with Gasteiger partial charge in [-0.3, -0.25) is 0 Å². The summed E-state index contributed by atoms with van der Waals surface area (Å²) in [6, 6.07) is 8.96. The minimum Gasteiger partial charge on any atom is -0.469 e. The van der Waals surface area contributed by atoms with Gasteiger partial charge in [-0.25, -0.2) is 9.38 Å². The average Bonchev–Trinajstić information content (AvgIpc) is 3.33. The Labute approximate surface area is 153 Å². The number of nitrogens with zero attached hydrogens (tertiary/aromatic N) is 1. The standard InChI is InChI=1S/C20H26FN3O2/c1-15-11-16(4-5-19(15)21)12-23-20(24-13-17-7-10-25-14-17)22-8-6-18-3-2-9-26-18/h2-5,9,11,17H,6-8,10,12-14H2,1H3,(H2,22,23,24). The van der Waals surface area contributed by atoms with Crippen molar-refractivity contribution in [2.24, 2.45) is 10.9 Å². The largest absolute Gasteiger partial charge is 0.469 e. The summed E-state index contributed by atoms with van der Waals surface area (Å²) in [6.07, 6.45) is 3.54. The molecule has 1 fully saturated rings. The van der Waals surface area contributed by atoms with Crippen molar-refractivity contribution in [2.45, 2.75) is 26.3 Å². The lowest BCUT2D eigenvalue weighted by molar-refractivity contribution is 0.186. The molecule has 2 aromatic rings. The van der Waals surface area contributed by atoms with E-state index in [1.54, 1.807) is 19.3 Å². The summed E-state index contributed by atoms with van der Waals surface area (Å²) >= 11 is 0. The highest BCUT2D eigenvalue weighted by Crippen LogP contribution is 2.11. The molecule has 26 heavy (non-hydrogen) atoms. The van der Waals surface area contributed by atoms with Crippen molar-refractivity contribution >= 4 is 5.96 Å². The Hall–Kier alpha value is -2.34. The van der Waals surface area contributed by atoms with Crippen LogP contribution in [0.3, 0.4) is 0 Å². The molecule has 2 N–H and O–H groups in total. The molecule has 1 aliphatic rings. The molecule has 5 nitrogen and oxygen atoms in total. The van der Waals surface area contributed by atoms with Crippen molar-refractivity contribution in [1.29, 1.82) is 0 Å². The van der Waals surface area contributed by atoms with Crippen molar-refractivity contribution in [2.75, 3.05) is 26.3 Å². The van der Waals surface area contributed by atoms with Gasteiger partial charge in [0.05, 0.1) is 19.4 Å². The van der Waals surface area contributed by atoms with Gasteiger partial charge >= 0.3 is 0 Å². The summed E-state index contributed by atoms with van der Waals surface area (Å²) in [4.78, 5) is 4.65. The number of rotatable bonds is 7. The van der Waals surface area contributed by atoms with Gasteiger partial charge in [-0.15, -0.1) is 0 Å². The number of aliphatic imine (C=N–C) groups is 1. The van der Waals surface area contributed by atoms with Gasteiger partial charge in [0.2, 0.25) is 0 Å². The number of hydrogen-bond donors (Lipinski definition) is 2. The summed E-state index contributed by atoms with van der Waals surface area (Å²) in [6.45, 7) is 5.45. The second-order valence-corrected chi connectivity index (χ2v) is 6.62. The van der Waals surface area contributed by atoms with E-state index in [9.17, 15) is 4.39 Å². The molecule has 0 spiro atoms. The minimum absolute atomic E-state index is 0.186. The lowest BCUT2D eigenvalue weighted by Gasteiger charge is -2.15. The number of ether oxygens (including phenoxy) is 1. The molecule has 0 aliphatic carbocycles. The van der Waals surface area contributed by atoms with Gasteiger partial charge in [0, 0.05) is 32.0 Å². The third-order valence-electron chi connectivity index (χ3n) is 4.47. The van der Waals surface area contributed by atoms with Crippen LogP contribution in [0, 0.1) is 18.7 Å². The number of hydrogen-bond acceptors (Lipinski definition) is 3. The highest BCUT2D eigenvalue weighted by Gasteiger charge is 2.15. The quantitative estimate of drug-likeness (QED) is 0.589. The average molecular weight is 359 g/mol. The molecule has 1 unspecified atom stereocenters. The molecule has 0 amide bonds. The van der Waals surface area contributed by atoms with Gasteiger partial charge in [0.15, 0.2) is 5.96 Å². The number of aryl methyl sites for hydroxylation is 1. The first kappa shape index (κ1) is 18.5. The van der Waals surface area contributed by atoms with E-state index in [0.29, 0.717) is 18.0 Å². The topological polar surface area (TPSA) is 58.8 Å². The summed E-state index contributed by atoms with van der Waals surface area (Å²) < 4.78 is 24.2. The van der Waals surface area contributed by atoms with E-state index in [2.05, 4.69) is 15.6 Å². The van der Waals surface area contributed by atoms with Crippen molar-refractivity contribution in [3.8, 4) is 0 Å². The van der Waals surface area contributed by atoms with Crippen molar-refractivity contribution < 1.29 is 13.5 Å². The highest BCUT2D eigenvalue weighted by atomic mass is 19.1. The third-order valence-corrected chi connectivity index (χ3v) is 4.47. The SMILES string of the molecule is Cc1cc(CN=C(NCCc2ccco2)NCC2CCOC2)ccc1F. The van der Waals surface area contributed by atoms with E-state index in [4.69, 9.17) is 9.15 Å². The Balaban J connectivity index is 1.56. The zero-order chi connectivity index (χ0) is 18.2. The summed E-state index contributed by atoms with van der Waals surface area (Å²) in [7, 11) is 0. The van der Waals surface area contributed by atoms with Crippen LogP contribution in [-0.2, 0) is 17.7 Å². The van der Waals surface area contributed by atoms with E-state index in [-0.39, 0.29) is 5.82 Å².